The number of piperazine rings is 1. The molecule has 1 atom stereocenters. The van der Waals surface area contributed by atoms with Crippen molar-refractivity contribution in [1.82, 2.24) is 15.1 Å². The number of aliphatic carboxylic acids is 1. The number of nitrogens with one attached hydrogen (secondary N) is 1. The summed E-state index contributed by atoms with van der Waals surface area (Å²) in [4.78, 5) is 26.0. The van der Waals surface area contributed by atoms with Crippen LogP contribution in [-0.4, -0.2) is 76.9 Å². The lowest BCUT2D eigenvalue weighted by Gasteiger charge is -2.36. The van der Waals surface area contributed by atoms with Gasteiger partial charge in [-0.3, -0.25) is 4.90 Å². The van der Waals surface area contributed by atoms with Gasteiger partial charge in [0.05, 0.1) is 6.54 Å². The maximum absolute atomic E-state index is 11.7. The summed E-state index contributed by atoms with van der Waals surface area (Å²) in [6.07, 6.45) is -1.55. The molecule has 3 N–H and O–H groups in total. The maximum Gasteiger partial charge on any atom is 0.334 e. The van der Waals surface area contributed by atoms with E-state index in [4.69, 9.17) is 10.2 Å². The minimum atomic E-state index is -1.55. The molecule has 1 heterocycles. The summed E-state index contributed by atoms with van der Waals surface area (Å²) >= 11 is 0. The first kappa shape index (κ1) is 14.7. The molecule has 1 saturated heterocycles. The van der Waals surface area contributed by atoms with Crippen LogP contribution in [0.5, 0.6) is 0 Å². The molecule has 1 unspecified atom stereocenters. The van der Waals surface area contributed by atoms with Crippen LogP contribution < -0.4 is 5.32 Å². The molecule has 0 aromatic heterocycles. The number of rotatable bonds is 4. The van der Waals surface area contributed by atoms with Gasteiger partial charge in [-0.1, -0.05) is 0 Å². The molecule has 0 aliphatic carbocycles. The lowest BCUT2D eigenvalue weighted by molar-refractivity contribution is -0.146. The zero-order chi connectivity index (χ0) is 13.7. The first-order valence-electron chi connectivity index (χ1n) is 6.09. The first-order chi connectivity index (χ1) is 8.41. The number of carbonyl (C=O) groups excluding carboxylic acids is 1. The Kier molecular flexibility index (Phi) is 5.36. The highest BCUT2D eigenvalue weighted by Gasteiger charge is 2.23. The second-order valence-electron chi connectivity index (χ2n) is 4.66. The van der Waals surface area contributed by atoms with E-state index in [0.29, 0.717) is 19.1 Å². The van der Waals surface area contributed by atoms with Gasteiger partial charge in [-0.15, -0.1) is 0 Å². The van der Waals surface area contributed by atoms with Crippen molar-refractivity contribution < 1.29 is 19.8 Å². The van der Waals surface area contributed by atoms with Crippen LogP contribution in [0.3, 0.4) is 0 Å². The second kappa shape index (κ2) is 6.55. The predicted molar refractivity (Wildman–Crippen MR) is 65.3 cm³/mol. The number of hydrogen-bond acceptors (Lipinski definition) is 4. The number of hydrogen-bond donors (Lipinski definition) is 3. The van der Waals surface area contributed by atoms with Gasteiger partial charge in [0.15, 0.2) is 6.10 Å². The molecule has 0 aromatic rings. The van der Waals surface area contributed by atoms with Crippen LogP contribution in [0.25, 0.3) is 0 Å². The normalized spacial score (nSPS) is 18.8. The summed E-state index contributed by atoms with van der Waals surface area (Å²) in [5.41, 5.74) is 0. The summed E-state index contributed by atoms with van der Waals surface area (Å²) in [5, 5.41) is 19.9. The Morgan fingerprint density at radius 1 is 1.22 bits per heavy atom. The van der Waals surface area contributed by atoms with Gasteiger partial charge in [0.2, 0.25) is 0 Å². The molecule has 1 aliphatic rings. The van der Waals surface area contributed by atoms with Gasteiger partial charge >= 0.3 is 12.0 Å². The highest BCUT2D eigenvalue weighted by atomic mass is 16.4. The first-order valence-corrected chi connectivity index (χ1v) is 6.09. The van der Waals surface area contributed by atoms with Crippen LogP contribution in [0.15, 0.2) is 0 Å². The van der Waals surface area contributed by atoms with Crippen molar-refractivity contribution in [2.45, 2.75) is 26.0 Å². The van der Waals surface area contributed by atoms with E-state index in [1.807, 2.05) is 0 Å². The van der Waals surface area contributed by atoms with Crippen molar-refractivity contribution in [3.8, 4) is 0 Å². The van der Waals surface area contributed by atoms with Gasteiger partial charge in [0, 0.05) is 32.2 Å². The third-order valence-electron chi connectivity index (χ3n) is 3.06. The van der Waals surface area contributed by atoms with Crippen LogP contribution in [0, 0.1) is 0 Å². The molecule has 0 spiro atoms. The molecule has 7 nitrogen and oxygen atoms in total. The summed E-state index contributed by atoms with van der Waals surface area (Å²) in [5.74, 6) is -1.33. The van der Waals surface area contributed by atoms with Gasteiger partial charge in [0.25, 0.3) is 0 Å². The molecule has 104 valence electrons. The average Bonchev–Trinajstić information content (AvgIpc) is 2.35. The Bertz CT molecular complexity index is 301. The Balaban J connectivity index is 2.30. The zero-order valence-corrected chi connectivity index (χ0v) is 10.8. The van der Waals surface area contributed by atoms with E-state index in [0.717, 1.165) is 13.1 Å². The molecule has 0 saturated carbocycles. The monoisotopic (exact) mass is 259 g/mol. The number of urea groups is 1. The van der Waals surface area contributed by atoms with Gasteiger partial charge < -0.3 is 20.4 Å². The third kappa shape index (κ3) is 4.15. The minimum absolute atomic E-state index is 0.265. The van der Waals surface area contributed by atoms with E-state index in [-0.39, 0.29) is 12.6 Å². The van der Waals surface area contributed by atoms with Gasteiger partial charge in [-0.2, -0.15) is 0 Å². The maximum atomic E-state index is 11.7. The third-order valence-corrected chi connectivity index (χ3v) is 3.06. The van der Waals surface area contributed by atoms with Crippen molar-refractivity contribution in [3.63, 3.8) is 0 Å². The molecule has 0 aromatic carbocycles. The highest BCUT2D eigenvalue weighted by Crippen LogP contribution is 2.05. The van der Waals surface area contributed by atoms with Crippen molar-refractivity contribution >= 4 is 12.0 Å². The molecule has 2 amide bonds. The lowest BCUT2D eigenvalue weighted by atomic mass is 10.2. The molecular weight excluding hydrogens is 238 g/mol. The number of nitrogens with zero attached hydrogens (tertiary/aromatic N) is 2. The minimum Gasteiger partial charge on any atom is -0.479 e. The number of amides is 2. The Labute approximate surface area is 106 Å². The second-order valence-corrected chi connectivity index (χ2v) is 4.66. The molecular formula is C11H21N3O4. The molecule has 0 radical (unpaired) electrons. The lowest BCUT2D eigenvalue weighted by Crippen LogP contribution is -2.54. The fourth-order valence-corrected chi connectivity index (χ4v) is 1.82. The van der Waals surface area contributed by atoms with E-state index in [2.05, 4.69) is 24.1 Å². The molecule has 18 heavy (non-hydrogen) atoms. The van der Waals surface area contributed by atoms with Crippen molar-refractivity contribution in [1.29, 1.82) is 0 Å². The van der Waals surface area contributed by atoms with Gasteiger partial charge in [0.1, 0.15) is 0 Å². The fourth-order valence-electron chi connectivity index (χ4n) is 1.82. The molecule has 0 bridgehead atoms. The molecule has 7 heteroatoms. The van der Waals surface area contributed by atoms with Crippen LogP contribution in [0.2, 0.25) is 0 Å². The predicted octanol–water partition coefficient (Wildman–Crippen LogP) is -0.832. The highest BCUT2D eigenvalue weighted by molar-refractivity contribution is 5.76. The smallest absolute Gasteiger partial charge is 0.334 e. The summed E-state index contributed by atoms with van der Waals surface area (Å²) < 4.78 is 0. The van der Waals surface area contributed by atoms with E-state index in [1.165, 1.54) is 0 Å². The van der Waals surface area contributed by atoms with Crippen molar-refractivity contribution in [3.05, 3.63) is 0 Å². The van der Waals surface area contributed by atoms with Crippen LogP contribution in [0.4, 0.5) is 4.79 Å². The Morgan fingerprint density at radius 2 is 1.78 bits per heavy atom. The molecule has 1 rings (SSSR count). The van der Waals surface area contributed by atoms with E-state index >= 15 is 0 Å². The fraction of sp³-hybridized carbons (Fsp3) is 0.818. The standard InChI is InChI=1S/C11H21N3O4/c1-8(2)13-3-5-14(6-4-13)11(18)12-7-9(15)10(16)17/h8-9,15H,3-7H2,1-2H3,(H,12,18)(H,16,17). The Morgan fingerprint density at radius 3 is 2.22 bits per heavy atom. The largest absolute Gasteiger partial charge is 0.479 e. The van der Waals surface area contributed by atoms with E-state index < -0.39 is 12.1 Å². The van der Waals surface area contributed by atoms with Crippen LogP contribution >= 0.6 is 0 Å². The van der Waals surface area contributed by atoms with Gasteiger partial charge in [-0.05, 0) is 13.8 Å². The van der Waals surface area contributed by atoms with Crippen LogP contribution in [0.1, 0.15) is 13.8 Å². The van der Waals surface area contributed by atoms with Gasteiger partial charge in [-0.25, -0.2) is 9.59 Å². The molecule has 1 aliphatic heterocycles. The van der Waals surface area contributed by atoms with E-state index in [9.17, 15) is 9.59 Å². The summed E-state index contributed by atoms with van der Waals surface area (Å²) in [6, 6.07) is 0.141. The quantitative estimate of drug-likeness (QED) is 0.612. The number of carboxylic acids is 1. The summed E-state index contributed by atoms with van der Waals surface area (Å²) in [6.45, 7) is 6.82. The number of carbonyl (C=O) groups is 2. The van der Waals surface area contributed by atoms with Crippen molar-refractivity contribution in [2.24, 2.45) is 0 Å². The Hall–Kier alpha value is -1.34. The van der Waals surface area contributed by atoms with Crippen LogP contribution in [-0.2, 0) is 4.79 Å². The number of aliphatic hydroxyl groups excluding tert-OH is 1. The zero-order valence-electron chi connectivity index (χ0n) is 10.8. The number of aliphatic hydroxyl groups is 1. The summed E-state index contributed by atoms with van der Waals surface area (Å²) in [7, 11) is 0. The SMILES string of the molecule is CC(C)N1CCN(C(=O)NCC(O)C(=O)O)CC1. The topological polar surface area (TPSA) is 93.1 Å². The van der Waals surface area contributed by atoms with E-state index in [1.54, 1.807) is 4.90 Å². The molecule has 1 fully saturated rings. The average molecular weight is 259 g/mol. The number of carboxylic acid groups (broad SMARTS) is 1. The van der Waals surface area contributed by atoms with Crippen molar-refractivity contribution in [2.75, 3.05) is 32.7 Å².